The molecule has 21 heavy (non-hydrogen) atoms. The number of carbonyl (C=O) groups excluding carboxylic acids is 1. The maximum Gasteiger partial charge on any atom is 0.331 e. The van der Waals surface area contributed by atoms with Crippen LogP contribution < -0.4 is 9.47 Å². The average Bonchev–Trinajstić information content (AvgIpc) is 3.09. The summed E-state index contributed by atoms with van der Waals surface area (Å²) in [6.07, 6.45) is 7.00. The highest BCUT2D eigenvalue weighted by Gasteiger charge is 2.28. The van der Waals surface area contributed by atoms with Gasteiger partial charge in [0.2, 0.25) is 6.79 Å². The largest absolute Gasteiger partial charge is 0.454 e. The summed E-state index contributed by atoms with van der Waals surface area (Å²) in [5.41, 5.74) is 2.02. The van der Waals surface area contributed by atoms with E-state index in [1.165, 1.54) is 19.3 Å². The molecule has 1 unspecified atom stereocenters. The predicted octanol–water partition coefficient (Wildman–Crippen LogP) is 3.91. The van der Waals surface area contributed by atoms with Crippen LogP contribution in [0.1, 0.15) is 50.7 Å². The second kappa shape index (κ2) is 6.20. The number of benzene rings is 1. The standard InChI is InChI=1S/C17H20O4/c1-2-3-4-5-6-12-10-16(18)21-17(12)13-7-8-14-15(9-13)20-11-19-14/h7-10,17H,2-6,11H2,1H3. The third-order valence-electron chi connectivity index (χ3n) is 3.89. The monoisotopic (exact) mass is 288 g/mol. The van der Waals surface area contributed by atoms with E-state index in [1.54, 1.807) is 6.08 Å². The Morgan fingerprint density at radius 2 is 2.00 bits per heavy atom. The molecule has 0 aliphatic carbocycles. The fourth-order valence-electron chi connectivity index (χ4n) is 2.77. The van der Waals surface area contributed by atoms with Crippen LogP contribution in [0.15, 0.2) is 29.8 Å². The molecule has 0 spiro atoms. The van der Waals surface area contributed by atoms with E-state index in [1.807, 2.05) is 18.2 Å². The number of carbonyl (C=O) groups is 1. The predicted molar refractivity (Wildman–Crippen MR) is 78.2 cm³/mol. The molecule has 2 aliphatic heterocycles. The first-order valence-electron chi connectivity index (χ1n) is 7.58. The first-order valence-corrected chi connectivity index (χ1v) is 7.58. The zero-order chi connectivity index (χ0) is 14.7. The van der Waals surface area contributed by atoms with Crippen molar-refractivity contribution in [1.82, 2.24) is 0 Å². The van der Waals surface area contributed by atoms with E-state index in [9.17, 15) is 4.79 Å². The SMILES string of the molecule is CCCCCCC1=CC(=O)OC1c1ccc2c(c1)OCO2. The molecule has 1 atom stereocenters. The Morgan fingerprint density at radius 1 is 1.14 bits per heavy atom. The highest BCUT2D eigenvalue weighted by atomic mass is 16.7. The molecule has 1 aromatic carbocycles. The first-order chi connectivity index (χ1) is 10.3. The maximum absolute atomic E-state index is 11.6. The van der Waals surface area contributed by atoms with Crippen molar-refractivity contribution >= 4 is 5.97 Å². The van der Waals surface area contributed by atoms with Crippen LogP contribution in [0.3, 0.4) is 0 Å². The van der Waals surface area contributed by atoms with E-state index >= 15 is 0 Å². The summed E-state index contributed by atoms with van der Waals surface area (Å²) in [5.74, 6) is 1.22. The zero-order valence-electron chi connectivity index (χ0n) is 12.3. The lowest BCUT2D eigenvalue weighted by Crippen LogP contribution is -2.03. The van der Waals surface area contributed by atoms with Gasteiger partial charge in [-0.25, -0.2) is 4.79 Å². The van der Waals surface area contributed by atoms with Crippen LogP contribution in [0.2, 0.25) is 0 Å². The summed E-state index contributed by atoms with van der Waals surface area (Å²) in [6, 6.07) is 5.72. The lowest BCUT2D eigenvalue weighted by Gasteiger charge is -2.15. The Bertz CT molecular complexity index is 562. The average molecular weight is 288 g/mol. The quantitative estimate of drug-likeness (QED) is 0.588. The normalized spacial score (nSPS) is 19.6. The Labute approximate surface area is 124 Å². The minimum Gasteiger partial charge on any atom is -0.454 e. The van der Waals surface area contributed by atoms with Gasteiger partial charge < -0.3 is 14.2 Å². The van der Waals surface area contributed by atoms with Gasteiger partial charge in [-0.15, -0.1) is 0 Å². The van der Waals surface area contributed by atoms with Gasteiger partial charge in [0, 0.05) is 11.6 Å². The molecule has 4 heteroatoms. The minimum absolute atomic E-state index is 0.247. The van der Waals surface area contributed by atoms with Crippen molar-refractivity contribution < 1.29 is 19.0 Å². The Hall–Kier alpha value is -1.97. The van der Waals surface area contributed by atoms with Crippen molar-refractivity contribution in [3.8, 4) is 11.5 Å². The Morgan fingerprint density at radius 3 is 2.86 bits per heavy atom. The third-order valence-corrected chi connectivity index (χ3v) is 3.89. The van der Waals surface area contributed by atoms with Gasteiger partial charge >= 0.3 is 5.97 Å². The number of hydrogen-bond donors (Lipinski definition) is 0. The smallest absolute Gasteiger partial charge is 0.331 e. The number of rotatable bonds is 6. The van der Waals surface area contributed by atoms with Crippen molar-refractivity contribution in [3.05, 3.63) is 35.4 Å². The van der Waals surface area contributed by atoms with Crippen LogP contribution in [0.5, 0.6) is 11.5 Å². The number of unbranched alkanes of at least 4 members (excludes halogenated alkanes) is 3. The van der Waals surface area contributed by atoms with Crippen molar-refractivity contribution in [3.63, 3.8) is 0 Å². The lowest BCUT2D eigenvalue weighted by atomic mass is 9.97. The molecule has 4 nitrogen and oxygen atoms in total. The van der Waals surface area contributed by atoms with Gasteiger partial charge in [-0.05, 0) is 30.5 Å². The molecule has 0 aromatic heterocycles. The first kappa shape index (κ1) is 14.0. The van der Waals surface area contributed by atoms with E-state index in [-0.39, 0.29) is 18.9 Å². The molecule has 0 N–H and O–H groups in total. The highest BCUT2D eigenvalue weighted by Crippen LogP contribution is 2.39. The molecule has 0 radical (unpaired) electrons. The van der Waals surface area contributed by atoms with Crippen molar-refractivity contribution in [2.75, 3.05) is 6.79 Å². The minimum atomic E-state index is -0.270. The Kier molecular flexibility index (Phi) is 4.13. The van der Waals surface area contributed by atoms with Gasteiger partial charge in [0.25, 0.3) is 0 Å². The van der Waals surface area contributed by atoms with Crippen LogP contribution in [0.4, 0.5) is 0 Å². The fourth-order valence-corrected chi connectivity index (χ4v) is 2.77. The molecule has 2 aliphatic rings. The molecule has 0 bridgehead atoms. The summed E-state index contributed by atoms with van der Waals surface area (Å²) in [5, 5.41) is 0. The Balaban J connectivity index is 1.71. The van der Waals surface area contributed by atoms with E-state index < -0.39 is 0 Å². The number of ether oxygens (including phenoxy) is 3. The molecule has 3 rings (SSSR count). The topological polar surface area (TPSA) is 44.8 Å². The third kappa shape index (κ3) is 3.04. The van der Waals surface area contributed by atoms with Gasteiger partial charge in [-0.1, -0.05) is 32.3 Å². The maximum atomic E-state index is 11.6. The van der Waals surface area contributed by atoms with Gasteiger partial charge in [-0.2, -0.15) is 0 Å². The zero-order valence-corrected chi connectivity index (χ0v) is 12.3. The van der Waals surface area contributed by atoms with E-state index in [0.29, 0.717) is 0 Å². The fraction of sp³-hybridized carbons (Fsp3) is 0.471. The van der Waals surface area contributed by atoms with E-state index in [0.717, 1.165) is 35.5 Å². The molecular weight excluding hydrogens is 268 g/mol. The lowest BCUT2D eigenvalue weighted by molar-refractivity contribution is -0.139. The molecule has 2 heterocycles. The molecular formula is C17H20O4. The van der Waals surface area contributed by atoms with Gasteiger partial charge in [0.15, 0.2) is 11.5 Å². The van der Waals surface area contributed by atoms with Crippen LogP contribution in [0.25, 0.3) is 0 Å². The summed E-state index contributed by atoms with van der Waals surface area (Å²) < 4.78 is 16.2. The van der Waals surface area contributed by atoms with Gasteiger partial charge in [0.1, 0.15) is 6.10 Å². The second-order valence-corrected chi connectivity index (χ2v) is 5.46. The van der Waals surface area contributed by atoms with E-state index in [4.69, 9.17) is 14.2 Å². The summed E-state index contributed by atoms with van der Waals surface area (Å²) >= 11 is 0. The number of esters is 1. The molecule has 0 amide bonds. The van der Waals surface area contributed by atoms with Crippen LogP contribution in [-0.4, -0.2) is 12.8 Å². The number of fused-ring (bicyclic) bond motifs is 1. The van der Waals surface area contributed by atoms with Crippen LogP contribution in [-0.2, 0) is 9.53 Å². The van der Waals surface area contributed by atoms with E-state index in [2.05, 4.69) is 6.92 Å². The van der Waals surface area contributed by atoms with Crippen molar-refractivity contribution in [2.24, 2.45) is 0 Å². The number of cyclic esters (lactones) is 1. The van der Waals surface area contributed by atoms with Crippen molar-refractivity contribution in [2.45, 2.75) is 45.1 Å². The number of hydrogen-bond acceptors (Lipinski definition) is 4. The van der Waals surface area contributed by atoms with Gasteiger partial charge in [0.05, 0.1) is 0 Å². The van der Waals surface area contributed by atoms with Gasteiger partial charge in [-0.3, -0.25) is 0 Å². The molecule has 0 saturated carbocycles. The molecule has 112 valence electrons. The van der Waals surface area contributed by atoms with Crippen LogP contribution >= 0.6 is 0 Å². The summed E-state index contributed by atoms with van der Waals surface area (Å²) in [7, 11) is 0. The second-order valence-electron chi connectivity index (χ2n) is 5.46. The van der Waals surface area contributed by atoms with Crippen LogP contribution in [0, 0.1) is 0 Å². The highest BCUT2D eigenvalue weighted by molar-refractivity contribution is 5.86. The molecule has 1 aromatic rings. The van der Waals surface area contributed by atoms with Crippen molar-refractivity contribution in [1.29, 1.82) is 0 Å². The molecule has 0 saturated heterocycles. The summed E-state index contributed by atoms with van der Waals surface area (Å²) in [4.78, 5) is 11.6. The molecule has 0 fully saturated rings. The summed E-state index contributed by atoms with van der Waals surface area (Å²) in [6.45, 7) is 2.44.